The summed E-state index contributed by atoms with van der Waals surface area (Å²) in [5.41, 5.74) is 1.68. The third kappa shape index (κ3) is 4.87. The fourth-order valence-corrected chi connectivity index (χ4v) is 4.00. The Labute approximate surface area is 202 Å². The summed E-state index contributed by atoms with van der Waals surface area (Å²) in [7, 11) is 1.46. The topological polar surface area (TPSA) is 103 Å². The summed E-state index contributed by atoms with van der Waals surface area (Å²) in [6, 6.07) is 19.9. The monoisotopic (exact) mass is 555 g/mol. The number of para-hydroxylation sites is 1. The molecule has 0 atom stereocenters. The number of carboxylic acids is 1. The second-order valence-corrected chi connectivity index (χ2v) is 8.06. The summed E-state index contributed by atoms with van der Waals surface area (Å²) in [6.45, 7) is -0.488. The lowest BCUT2D eigenvalue weighted by Crippen LogP contribution is -2.20. The molecule has 166 valence electrons. The van der Waals surface area contributed by atoms with Gasteiger partial charge in [0.05, 0.1) is 27.8 Å². The molecule has 33 heavy (non-hydrogen) atoms. The molecule has 0 aliphatic heterocycles. The first kappa shape index (κ1) is 22.5. The lowest BCUT2D eigenvalue weighted by atomic mass is 10.2. The van der Waals surface area contributed by atoms with Gasteiger partial charge < -0.3 is 14.6 Å². The summed E-state index contributed by atoms with van der Waals surface area (Å²) >= 11 is 2.03. The molecule has 1 N–H and O–H groups in total. The van der Waals surface area contributed by atoms with Gasteiger partial charge in [-0.15, -0.1) is 0 Å². The van der Waals surface area contributed by atoms with Crippen molar-refractivity contribution in [2.24, 2.45) is 5.10 Å². The van der Waals surface area contributed by atoms with Crippen molar-refractivity contribution in [3.63, 3.8) is 0 Å². The van der Waals surface area contributed by atoms with E-state index in [1.807, 2.05) is 59.0 Å². The first-order valence-corrected chi connectivity index (χ1v) is 10.9. The molecule has 0 saturated heterocycles. The molecule has 0 radical (unpaired) electrons. The molecule has 0 saturated carbocycles. The van der Waals surface area contributed by atoms with E-state index < -0.39 is 12.6 Å². The van der Waals surface area contributed by atoms with Crippen molar-refractivity contribution in [1.82, 2.24) is 9.66 Å². The molecule has 4 rings (SSSR count). The fourth-order valence-electron chi connectivity index (χ4n) is 3.22. The Morgan fingerprint density at radius 1 is 1.15 bits per heavy atom. The zero-order chi connectivity index (χ0) is 23.4. The fraction of sp³-hybridized carbons (Fsp3) is 0.0833. The SMILES string of the molecule is COc1cc(C=Nn2c(-c3ccccc3)nc3ccccc3c2=O)cc(I)c1OCC(=O)O. The van der Waals surface area contributed by atoms with Crippen LogP contribution in [-0.2, 0) is 4.79 Å². The Morgan fingerprint density at radius 2 is 1.88 bits per heavy atom. The van der Waals surface area contributed by atoms with Crippen LogP contribution < -0.4 is 15.0 Å². The number of ether oxygens (including phenoxy) is 2. The number of methoxy groups -OCH3 is 1. The summed E-state index contributed by atoms with van der Waals surface area (Å²) in [4.78, 5) is 28.8. The average molecular weight is 555 g/mol. The van der Waals surface area contributed by atoms with Crippen LogP contribution in [0.5, 0.6) is 11.5 Å². The maximum Gasteiger partial charge on any atom is 0.341 e. The van der Waals surface area contributed by atoms with Crippen LogP contribution in [0.15, 0.2) is 76.6 Å². The molecular weight excluding hydrogens is 537 g/mol. The lowest BCUT2D eigenvalue weighted by Gasteiger charge is -2.12. The molecule has 0 aliphatic rings. The zero-order valence-corrected chi connectivity index (χ0v) is 19.6. The number of carbonyl (C=O) groups is 1. The largest absolute Gasteiger partial charge is 0.493 e. The van der Waals surface area contributed by atoms with Gasteiger partial charge in [0.15, 0.2) is 23.9 Å². The molecule has 1 heterocycles. The average Bonchev–Trinajstić information content (AvgIpc) is 2.82. The zero-order valence-electron chi connectivity index (χ0n) is 17.4. The molecule has 0 fully saturated rings. The van der Waals surface area contributed by atoms with E-state index in [0.717, 1.165) is 5.56 Å². The van der Waals surface area contributed by atoms with E-state index in [1.54, 1.807) is 30.3 Å². The molecule has 4 aromatic rings. The summed E-state index contributed by atoms with van der Waals surface area (Å²) in [5, 5.41) is 13.8. The van der Waals surface area contributed by atoms with Crippen molar-refractivity contribution < 1.29 is 19.4 Å². The van der Waals surface area contributed by atoms with Gasteiger partial charge >= 0.3 is 5.97 Å². The van der Waals surface area contributed by atoms with Crippen LogP contribution in [0, 0.1) is 3.57 Å². The number of rotatable bonds is 7. The summed E-state index contributed by atoms with van der Waals surface area (Å²) < 4.78 is 12.6. The molecule has 0 aliphatic carbocycles. The van der Waals surface area contributed by atoms with Gasteiger partial charge in [-0.3, -0.25) is 4.79 Å². The maximum atomic E-state index is 13.2. The number of hydrogen-bond acceptors (Lipinski definition) is 6. The van der Waals surface area contributed by atoms with Gasteiger partial charge in [0.2, 0.25) is 0 Å². The summed E-state index contributed by atoms with van der Waals surface area (Å²) in [5.74, 6) is 0.0118. The number of fused-ring (bicyclic) bond motifs is 1. The number of carboxylic acid groups (broad SMARTS) is 1. The van der Waals surface area contributed by atoms with Crippen molar-refractivity contribution in [2.75, 3.05) is 13.7 Å². The third-order valence-electron chi connectivity index (χ3n) is 4.70. The Hall–Kier alpha value is -3.73. The number of aromatic nitrogens is 2. The minimum atomic E-state index is -1.09. The second-order valence-electron chi connectivity index (χ2n) is 6.90. The van der Waals surface area contributed by atoms with Crippen molar-refractivity contribution in [1.29, 1.82) is 0 Å². The van der Waals surface area contributed by atoms with E-state index in [0.29, 0.717) is 37.4 Å². The minimum absolute atomic E-state index is 0.293. The predicted molar refractivity (Wildman–Crippen MR) is 133 cm³/mol. The van der Waals surface area contributed by atoms with Crippen molar-refractivity contribution >= 4 is 45.7 Å². The highest BCUT2D eigenvalue weighted by molar-refractivity contribution is 14.1. The maximum absolute atomic E-state index is 13.2. The molecule has 0 unspecified atom stereocenters. The van der Waals surface area contributed by atoms with Crippen LogP contribution in [0.25, 0.3) is 22.3 Å². The minimum Gasteiger partial charge on any atom is -0.493 e. The Morgan fingerprint density at radius 3 is 2.61 bits per heavy atom. The molecule has 9 heteroatoms. The normalized spacial score (nSPS) is 11.1. The van der Waals surface area contributed by atoms with Crippen molar-refractivity contribution in [2.45, 2.75) is 0 Å². The molecule has 0 spiro atoms. The smallest absolute Gasteiger partial charge is 0.341 e. The summed E-state index contributed by atoms with van der Waals surface area (Å²) in [6.07, 6.45) is 1.52. The highest BCUT2D eigenvalue weighted by Gasteiger charge is 2.14. The van der Waals surface area contributed by atoms with E-state index in [-0.39, 0.29) is 5.56 Å². The number of halogens is 1. The van der Waals surface area contributed by atoms with Gasteiger partial charge in [0.1, 0.15) is 0 Å². The van der Waals surface area contributed by atoms with E-state index >= 15 is 0 Å². The van der Waals surface area contributed by atoms with Crippen LogP contribution in [0.3, 0.4) is 0 Å². The van der Waals surface area contributed by atoms with Crippen molar-refractivity contribution in [3.05, 3.63) is 86.2 Å². The number of hydrogen-bond donors (Lipinski definition) is 1. The number of nitrogens with zero attached hydrogens (tertiary/aromatic N) is 3. The van der Waals surface area contributed by atoms with Gasteiger partial charge in [-0.2, -0.15) is 9.78 Å². The van der Waals surface area contributed by atoms with Gasteiger partial charge in [-0.05, 0) is 52.4 Å². The first-order valence-electron chi connectivity index (χ1n) is 9.81. The van der Waals surface area contributed by atoms with E-state index in [9.17, 15) is 9.59 Å². The van der Waals surface area contributed by atoms with Gasteiger partial charge in [-0.1, -0.05) is 42.5 Å². The van der Waals surface area contributed by atoms with Crippen LogP contribution in [0.4, 0.5) is 0 Å². The van der Waals surface area contributed by atoms with Crippen LogP contribution in [-0.4, -0.2) is 40.7 Å². The van der Waals surface area contributed by atoms with Crippen LogP contribution in [0.1, 0.15) is 5.56 Å². The highest BCUT2D eigenvalue weighted by Crippen LogP contribution is 2.33. The second kappa shape index (κ2) is 9.82. The van der Waals surface area contributed by atoms with Gasteiger partial charge in [0.25, 0.3) is 5.56 Å². The molecular formula is C24H18IN3O5. The van der Waals surface area contributed by atoms with E-state index in [4.69, 9.17) is 14.6 Å². The third-order valence-corrected chi connectivity index (χ3v) is 5.50. The predicted octanol–water partition coefficient (Wildman–Crippen LogP) is 4.02. The molecule has 0 amide bonds. The Balaban J connectivity index is 1.81. The molecule has 0 bridgehead atoms. The van der Waals surface area contributed by atoms with Crippen LogP contribution in [0.2, 0.25) is 0 Å². The van der Waals surface area contributed by atoms with Crippen LogP contribution >= 0.6 is 22.6 Å². The number of benzene rings is 3. The number of aliphatic carboxylic acids is 1. The Kier molecular flexibility index (Phi) is 6.68. The first-order chi connectivity index (χ1) is 16.0. The highest BCUT2D eigenvalue weighted by atomic mass is 127. The lowest BCUT2D eigenvalue weighted by molar-refractivity contribution is -0.139. The van der Waals surface area contributed by atoms with Crippen molar-refractivity contribution in [3.8, 4) is 22.9 Å². The molecule has 1 aromatic heterocycles. The van der Waals surface area contributed by atoms with Gasteiger partial charge in [0, 0.05) is 5.56 Å². The van der Waals surface area contributed by atoms with E-state index in [1.165, 1.54) is 18.0 Å². The van der Waals surface area contributed by atoms with Gasteiger partial charge in [-0.25, -0.2) is 9.78 Å². The standard InChI is InChI=1S/C24H18IN3O5/c1-32-20-12-15(11-18(25)22(20)33-14-21(29)30)13-26-28-23(16-7-3-2-4-8-16)27-19-10-6-5-9-17(19)24(28)31/h2-13H,14H2,1H3,(H,29,30). The molecule has 8 nitrogen and oxygen atoms in total. The Bertz CT molecular complexity index is 1420. The van der Waals surface area contributed by atoms with E-state index in [2.05, 4.69) is 10.1 Å². The molecule has 3 aromatic carbocycles. The quantitative estimate of drug-likeness (QED) is 0.273.